The lowest BCUT2D eigenvalue weighted by Gasteiger charge is -2.15. The zero-order chi connectivity index (χ0) is 14.1. The second kappa shape index (κ2) is 8.94. The van der Waals surface area contributed by atoms with Gasteiger partial charge in [0.25, 0.3) is 0 Å². The number of ether oxygens (including phenoxy) is 1. The molecule has 108 valence electrons. The predicted octanol–water partition coefficient (Wildman–Crippen LogP) is 3.11. The summed E-state index contributed by atoms with van der Waals surface area (Å²) >= 11 is 0. The zero-order valence-corrected chi connectivity index (χ0v) is 12.4. The van der Waals surface area contributed by atoms with E-state index in [-0.39, 0.29) is 6.04 Å². The van der Waals surface area contributed by atoms with Crippen LogP contribution in [-0.2, 0) is 6.42 Å². The third-order valence-electron chi connectivity index (χ3n) is 2.89. The van der Waals surface area contributed by atoms with Gasteiger partial charge in [0.1, 0.15) is 12.0 Å². The predicted molar refractivity (Wildman–Crippen MR) is 79.4 cm³/mol. The molecule has 0 aliphatic rings. The van der Waals surface area contributed by atoms with Crippen LogP contribution in [0.1, 0.15) is 45.6 Å². The van der Waals surface area contributed by atoms with Crippen molar-refractivity contribution in [3.8, 4) is 5.75 Å². The Morgan fingerprint density at radius 3 is 2.42 bits per heavy atom. The molecular formula is C16H27NO2. The Hall–Kier alpha value is -1.06. The van der Waals surface area contributed by atoms with Crippen molar-refractivity contribution in [1.29, 1.82) is 0 Å². The van der Waals surface area contributed by atoms with Crippen LogP contribution in [0.4, 0.5) is 0 Å². The molecule has 3 nitrogen and oxygen atoms in total. The van der Waals surface area contributed by atoms with Gasteiger partial charge in [-0.1, -0.05) is 31.9 Å². The van der Waals surface area contributed by atoms with E-state index >= 15 is 0 Å². The number of benzene rings is 1. The molecule has 0 saturated carbocycles. The molecule has 0 unspecified atom stereocenters. The first-order valence-corrected chi connectivity index (χ1v) is 7.27. The van der Waals surface area contributed by atoms with Crippen LogP contribution in [0.3, 0.4) is 0 Å². The van der Waals surface area contributed by atoms with Crippen molar-refractivity contribution in [2.75, 3.05) is 6.61 Å². The van der Waals surface area contributed by atoms with Gasteiger partial charge in [0.2, 0.25) is 0 Å². The van der Waals surface area contributed by atoms with E-state index in [1.54, 1.807) is 0 Å². The van der Waals surface area contributed by atoms with Gasteiger partial charge in [-0.15, -0.1) is 0 Å². The molecule has 0 radical (unpaired) electrons. The quantitative estimate of drug-likeness (QED) is 0.532. The number of aliphatic hydroxyl groups is 1. The summed E-state index contributed by atoms with van der Waals surface area (Å²) in [4.78, 5) is 0. The second-order valence-corrected chi connectivity index (χ2v) is 5.24. The summed E-state index contributed by atoms with van der Waals surface area (Å²) in [6.07, 6.45) is 3.66. The van der Waals surface area contributed by atoms with Crippen molar-refractivity contribution >= 4 is 0 Å². The van der Waals surface area contributed by atoms with E-state index < -0.39 is 6.23 Å². The molecule has 0 bridgehead atoms. The lowest BCUT2D eigenvalue weighted by molar-refractivity contribution is 0.127. The number of aliphatic hydroxyl groups excluding tert-OH is 1. The molecule has 3 heteroatoms. The molecule has 19 heavy (non-hydrogen) atoms. The average molecular weight is 265 g/mol. The van der Waals surface area contributed by atoms with Gasteiger partial charge < -0.3 is 9.84 Å². The maximum atomic E-state index is 9.80. The molecule has 0 amide bonds. The molecule has 2 N–H and O–H groups in total. The minimum absolute atomic E-state index is 0.288. The summed E-state index contributed by atoms with van der Waals surface area (Å²) < 4.78 is 5.65. The summed E-state index contributed by atoms with van der Waals surface area (Å²) in [6, 6.07) is 8.27. The Labute approximate surface area is 117 Å². The fourth-order valence-corrected chi connectivity index (χ4v) is 1.93. The van der Waals surface area contributed by atoms with Crippen molar-refractivity contribution in [2.24, 2.45) is 0 Å². The zero-order valence-electron chi connectivity index (χ0n) is 12.4. The van der Waals surface area contributed by atoms with Crippen LogP contribution >= 0.6 is 0 Å². The maximum absolute atomic E-state index is 9.80. The summed E-state index contributed by atoms with van der Waals surface area (Å²) in [5.74, 6) is 0.908. The molecule has 1 atom stereocenters. The van der Waals surface area contributed by atoms with Crippen molar-refractivity contribution in [2.45, 2.75) is 58.7 Å². The van der Waals surface area contributed by atoms with Crippen LogP contribution < -0.4 is 10.1 Å². The highest BCUT2D eigenvalue weighted by Crippen LogP contribution is 2.14. The molecule has 0 spiro atoms. The third-order valence-corrected chi connectivity index (χ3v) is 2.89. The maximum Gasteiger partial charge on any atom is 0.119 e. The lowest BCUT2D eigenvalue weighted by Crippen LogP contribution is -2.36. The summed E-state index contributed by atoms with van der Waals surface area (Å²) in [5, 5.41) is 12.9. The highest BCUT2D eigenvalue weighted by molar-refractivity contribution is 5.27. The lowest BCUT2D eigenvalue weighted by atomic mass is 10.1. The third kappa shape index (κ3) is 7.19. The van der Waals surface area contributed by atoms with Crippen molar-refractivity contribution in [3.05, 3.63) is 29.8 Å². The standard InChI is InChI=1S/C16H27NO2/c1-4-5-6-11-19-15-9-7-14(8-10-15)12-16(18)17-13(2)3/h7-10,13,16-18H,4-6,11-12H2,1-3H3/t16-/m1/s1. The second-order valence-electron chi connectivity index (χ2n) is 5.24. The van der Waals surface area contributed by atoms with E-state index in [1.165, 1.54) is 12.8 Å². The molecule has 1 rings (SSSR count). The number of hydrogen-bond donors (Lipinski definition) is 2. The van der Waals surface area contributed by atoms with Gasteiger partial charge in [0, 0.05) is 12.5 Å². The van der Waals surface area contributed by atoms with Gasteiger partial charge in [-0.05, 0) is 38.0 Å². The molecule has 0 aliphatic heterocycles. The molecule has 1 aromatic rings. The molecular weight excluding hydrogens is 238 g/mol. The van der Waals surface area contributed by atoms with E-state index in [2.05, 4.69) is 12.2 Å². The number of nitrogens with one attached hydrogen (secondary N) is 1. The highest BCUT2D eigenvalue weighted by atomic mass is 16.5. The summed E-state index contributed by atoms with van der Waals surface area (Å²) in [6.45, 7) is 7.02. The van der Waals surface area contributed by atoms with E-state index in [4.69, 9.17) is 4.74 Å². The van der Waals surface area contributed by atoms with E-state index in [1.807, 2.05) is 38.1 Å². The van der Waals surface area contributed by atoms with Crippen LogP contribution in [-0.4, -0.2) is 24.0 Å². The average Bonchev–Trinajstić information content (AvgIpc) is 2.35. The first-order valence-electron chi connectivity index (χ1n) is 7.27. The molecule has 0 aromatic heterocycles. The van der Waals surface area contributed by atoms with E-state index in [0.29, 0.717) is 6.42 Å². The Kier molecular flexibility index (Phi) is 7.53. The monoisotopic (exact) mass is 265 g/mol. The SMILES string of the molecule is CCCCCOc1ccc(C[C@@H](O)NC(C)C)cc1. The van der Waals surface area contributed by atoms with Crippen LogP contribution in [0, 0.1) is 0 Å². The molecule has 0 heterocycles. The van der Waals surface area contributed by atoms with Crippen LogP contribution in [0.15, 0.2) is 24.3 Å². The van der Waals surface area contributed by atoms with Gasteiger partial charge in [0.05, 0.1) is 6.61 Å². The smallest absolute Gasteiger partial charge is 0.119 e. The van der Waals surface area contributed by atoms with E-state index in [0.717, 1.165) is 24.3 Å². The molecule has 0 aliphatic carbocycles. The minimum Gasteiger partial charge on any atom is -0.494 e. The summed E-state index contributed by atoms with van der Waals surface area (Å²) in [7, 11) is 0. The number of rotatable bonds is 9. The molecule has 1 aromatic carbocycles. The Morgan fingerprint density at radius 2 is 1.84 bits per heavy atom. The molecule has 0 fully saturated rings. The van der Waals surface area contributed by atoms with Crippen molar-refractivity contribution in [3.63, 3.8) is 0 Å². The molecule has 0 saturated heterocycles. The number of hydrogen-bond acceptors (Lipinski definition) is 3. The van der Waals surface area contributed by atoms with Gasteiger partial charge in [-0.2, -0.15) is 0 Å². The highest BCUT2D eigenvalue weighted by Gasteiger charge is 2.06. The van der Waals surface area contributed by atoms with E-state index in [9.17, 15) is 5.11 Å². The van der Waals surface area contributed by atoms with Crippen molar-refractivity contribution < 1.29 is 9.84 Å². The first-order chi connectivity index (χ1) is 9.11. The Morgan fingerprint density at radius 1 is 1.16 bits per heavy atom. The van der Waals surface area contributed by atoms with Crippen molar-refractivity contribution in [1.82, 2.24) is 5.32 Å². The van der Waals surface area contributed by atoms with Crippen LogP contribution in [0.25, 0.3) is 0 Å². The Bertz CT molecular complexity index is 335. The van der Waals surface area contributed by atoms with Gasteiger partial charge >= 0.3 is 0 Å². The summed E-state index contributed by atoms with van der Waals surface area (Å²) in [5.41, 5.74) is 1.11. The largest absolute Gasteiger partial charge is 0.494 e. The first kappa shape index (κ1) is 16.0. The topological polar surface area (TPSA) is 41.5 Å². The fourth-order valence-electron chi connectivity index (χ4n) is 1.93. The Balaban J connectivity index is 2.34. The van der Waals surface area contributed by atoms with Crippen LogP contribution in [0.5, 0.6) is 5.75 Å². The van der Waals surface area contributed by atoms with Gasteiger partial charge in [-0.25, -0.2) is 0 Å². The normalized spacial score (nSPS) is 12.7. The van der Waals surface area contributed by atoms with Gasteiger partial charge in [0.15, 0.2) is 0 Å². The van der Waals surface area contributed by atoms with Crippen LogP contribution in [0.2, 0.25) is 0 Å². The number of unbranched alkanes of at least 4 members (excludes halogenated alkanes) is 2. The fraction of sp³-hybridized carbons (Fsp3) is 0.625. The minimum atomic E-state index is -0.490. The van der Waals surface area contributed by atoms with Gasteiger partial charge in [-0.3, -0.25) is 5.32 Å².